The summed E-state index contributed by atoms with van der Waals surface area (Å²) in [4.78, 5) is 14.4. The molecule has 2 aromatic heterocycles. The van der Waals surface area contributed by atoms with Crippen LogP contribution in [-0.4, -0.2) is 47.3 Å². The monoisotopic (exact) mass is 475 g/mol. The first kappa shape index (κ1) is 22.2. The fraction of sp³-hybridized carbons (Fsp3) is 0.200. The third kappa shape index (κ3) is 4.15. The number of rotatable bonds is 6. The second-order valence-corrected chi connectivity index (χ2v) is 8.91. The number of aromatic nitrogens is 3. The average Bonchev–Trinajstić information content (AvgIpc) is 3.35. The molecule has 1 aliphatic heterocycles. The molecule has 0 radical (unpaired) electrons. The van der Waals surface area contributed by atoms with Crippen LogP contribution in [0.25, 0.3) is 27.8 Å². The van der Waals surface area contributed by atoms with Crippen LogP contribution in [0.4, 0.5) is 11.5 Å². The Labute approximate surface area is 211 Å². The van der Waals surface area contributed by atoms with Gasteiger partial charge in [0.25, 0.3) is 0 Å². The van der Waals surface area contributed by atoms with Gasteiger partial charge >= 0.3 is 0 Å². The van der Waals surface area contributed by atoms with Crippen LogP contribution in [0.2, 0.25) is 0 Å². The molecule has 0 aliphatic carbocycles. The number of ether oxygens (including phenoxy) is 1. The number of hydrogen-bond donors (Lipinski definition) is 0. The molecule has 0 unspecified atom stereocenters. The maximum Gasteiger partial charge on any atom is 0.150 e. The molecule has 1 aliphatic rings. The first-order valence-corrected chi connectivity index (χ1v) is 12.5. The number of anilines is 2. The minimum absolute atomic E-state index is 0.651. The van der Waals surface area contributed by atoms with Crippen molar-refractivity contribution in [3.05, 3.63) is 97.5 Å². The van der Waals surface area contributed by atoms with Crippen LogP contribution in [0.3, 0.4) is 0 Å². The molecule has 0 atom stereocenters. The molecule has 180 valence electrons. The van der Waals surface area contributed by atoms with Crippen molar-refractivity contribution in [3.63, 3.8) is 0 Å². The first-order valence-electron chi connectivity index (χ1n) is 12.5. The number of para-hydroxylation sites is 1. The van der Waals surface area contributed by atoms with Gasteiger partial charge in [0.2, 0.25) is 0 Å². The molecule has 5 aromatic rings. The zero-order chi connectivity index (χ0) is 24.3. The lowest BCUT2D eigenvalue weighted by Gasteiger charge is -2.37. The predicted octanol–water partition coefficient (Wildman–Crippen LogP) is 5.81. The van der Waals surface area contributed by atoms with Crippen LogP contribution in [0, 0.1) is 0 Å². The van der Waals surface area contributed by atoms with Crippen LogP contribution in [-0.2, 0) is 0 Å². The van der Waals surface area contributed by atoms with E-state index in [9.17, 15) is 0 Å². The molecule has 3 aromatic carbocycles. The summed E-state index contributed by atoms with van der Waals surface area (Å²) in [6.07, 6.45) is 3.88. The lowest BCUT2D eigenvalue weighted by molar-refractivity contribution is 0.340. The highest BCUT2D eigenvalue weighted by Gasteiger charge is 2.24. The van der Waals surface area contributed by atoms with Crippen LogP contribution in [0.1, 0.15) is 6.92 Å². The molecule has 1 saturated heterocycles. The van der Waals surface area contributed by atoms with E-state index in [2.05, 4.69) is 93.4 Å². The summed E-state index contributed by atoms with van der Waals surface area (Å²) in [5.41, 5.74) is 5.53. The normalized spacial score (nSPS) is 13.8. The molecule has 6 nitrogen and oxygen atoms in total. The van der Waals surface area contributed by atoms with Crippen molar-refractivity contribution >= 4 is 22.5 Å². The number of fused-ring (bicyclic) bond motifs is 1. The van der Waals surface area contributed by atoms with Gasteiger partial charge in [-0.2, -0.15) is 0 Å². The fourth-order valence-corrected chi connectivity index (χ4v) is 5.00. The second-order valence-electron chi connectivity index (χ2n) is 8.91. The fourth-order valence-electron chi connectivity index (χ4n) is 5.00. The van der Waals surface area contributed by atoms with E-state index in [4.69, 9.17) is 14.7 Å². The molecule has 1 fully saturated rings. The third-order valence-corrected chi connectivity index (χ3v) is 6.77. The minimum Gasteiger partial charge on any atom is -0.494 e. The highest BCUT2D eigenvalue weighted by Crippen LogP contribution is 2.37. The maximum absolute atomic E-state index is 5.65. The van der Waals surface area contributed by atoms with E-state index in [-0.39, 0.29) is 0 Å². The van der Waals surface area contributed by atoms with Gasteiger partial charge in [-0.1, -0.05) is 48.5 Å². The van der Waals surface area contributed by atoms with E-state index in [0.29, 0.717) is 6.61 Å². The van der Waals surface area contributed by atoms with Crippen molar-refractivity contribution in [2.24, 2.45) is 0 Å². The molecule has 6 heteroatoms. The summed E-state index contributed by atoms with van der Waals surface area (Å²) in [5, 5.41) is 1.09. The van der Waals surface area contributed by atoms with Crippen molar-refractivity contribution in [3.8, 4) is 22.6 Å². The molecule has 6 rings (SSSR count). The Balaban J connectivity index is 1.41. The van der Waals surface area contributed by atoms with E-state index in [1.54, 1.807) is 6.33 Å². The topological polar surface area (TPSA) is 46.4 Å². The Morgan fingerprint density at radius 3 is 2.08 bits per heavy atom. The Hall–Kier alpha value is -4.32. The average molecular weight is 476 g/mol. The van der Waals surface area contributed by atoms with Gasteiger partial charge in [-0.3, -0.25) is 0 Å². The van der Waals surface area contributed by atoms with Crippen molar-refractivity contribution in [1.29, 1.82) is 0 Å². The number of piperazine rings is 1. The van der Waals surface area contributed by atoms with Gasteiger partial charge in [0.1, 0.15) is 17.9 Å². The van der Waals surface area contributed by atoms with Gasteiger partial charge in [0, 0.05) is 49.3 Å². The highest BCUT2D eigenvalue weighted by molar-refractivity contribution is 6.02. The van der Waals surface area contributed by atoms with Crippen LogP contribution in [0.5, 0.6) is 5.75 Å². The van der Waals surface area contributed by atoms with E-state index in [1.807, 2.05) is 19.1 Å². The SMILES string of the molecule is CCOc1ccc(-n2cc(-c3ccccc3)c3c(N4CCN(c5ccccc5)CC4)ncnc32)cc1. The molecular formula is C30H29N5O. The molecule has 0 N–H and O–H groups in total. The maximum atomic E-state index is 5.65. The summed E-state index contributed by atoms with van der Waals surface area (Å²) in [5.74, 6) is 1.86. The van der Waals surface area contributed by atoms with Gasteiger partial charge in [0.15, 0.2) is 5.65 Å². The largest absolute Gasteiger partial charge is 0.494 e. The minimum atomic E-state index is 0.651. The number of benzene rings is 3. The first-order chi connectivity index (χ1) is 17.8. The van der Waals surface area contributed by atoms with Crippen LogP contribution >= 0.6 is 0 Å². The van der Waals surface area contributed by atoms with Crippen molar-refractivity contribution in [2.75, 3.05) is 42.6 Å². The standard InChI is InChI=1S/C30H29N5O/c1-2-36-26-15-13-25(14-16-26)35-21-27(23-9-5-3-6-10-23)28-29(31-22-32-30(28)35)34-19-17-33(18-20-34)24-11-7-4-8-12-24/h3-16,21-22H,2,17-20H2,1H3. The Bertz CT molecular complexity index is 1440. The van der Waals surface area contributed by atoms with E-state index in [0.717, 1.165) is 65.6 Å². The van der Waals surface area contributed by atoms with Crippen molar-refractivity contribution in [1.82, 2.24) is 14.5 Å². The molecule has 36 heavy (non-hydrogen) atoms. The van der Waals surface area contributed by atoms with Gasteiger partial charge < -0.3 is 19.1 Å². The smallest absolute Gasteiger partial charge is 0.150 e. The van der Waals surface area contributed by atoms with E-state index >= 15 is 0 Å². The summed E-state index contributed by atoms with van der Waals surface area (Å²) in [6, 6.07) is 29.3. The molecule has 0 amide bonds. The van der Waals surface area contributed by atoms with E-state index in [1.165, 1.54) is 5.69 Å². The highest BCUT2D eigenvalue weighted by atomic mass is 16.5. The quantitative estimate of drug-likeness (QED) is 0.310. The number of hydrogen-bond acceptors (Lipinski definition) is 5. The summed E-state index contributed by atoms with van der Waals surface area (Å²) in [6.45, 7) is 6.37. The Morgan fingerprint density at radius 2 is 1.39 bits per heavy atom. The molecule has 3 heterocycles. The Morgan fingerprint density at radius 1 is 0.722 bits per heavy atom. The molecule has 0 spiro atoms. The lowest BCUT2D eigenvalue weighted by Crippen LogP contribution is -2.46. The predicted molar refractivity (Wildman–Crippen MR) is 146 cm³/mol. The second kappa shape index (κ2) is 9.74. The lowest BCUT2D eigenvalue weighted by atomic mass is 10.1. The van der Waals surface area contributed by atoms with Crippen LogP contribution in [0.15, 0.2) is 97.5 Å². The summed E-state index contributed by atoms with van der Waals surface area (Å²) < 4.78 is 7.82. The van der Waals surface area contributed by atoms with Gasteiger partial charge in [-0.05, 0) is 48.9 Å². The van der Waals surface area contributed by atoms with Gasteiger partial charge in [0.05, 0.1) is 12.0 Å². The van der Waals surface area contributed by atoms with Gasteiger partial charge in [-0.15, -0.1) is 0 Å². The summed E-state index contributed by atoms with van der Waals surface area (Å²) >= 11 is 0. The molecular weight excluding hydrogens is 446 g/mol. The third-order valence-electron chi connectivity index (χ3n) is 6.77. The van der Waals surface area contributed by atoms with Crippen LogP contribution < -0.4 is 14.5 Å². The molecule has 0 saturated carbocycles. The zero-order valence-electron chi connectivity index (χ0n) is 20.4. The Kier molecular flexibility index (Phi) is 6.00. The zero-order valence-corrected chi connectivity index (χ0v) is 20.4. The van der Waals surface area contributed by atoms with E-state index < -0.39 is 0 Å². The van der Waals surface area contributed by atoms with Crippen molar-refractivity contribution < 1.29 is 4.74 Å². The summed E-state index contributed by atoms with van der Waals surface area (Å²) in [7, 11) is 0. The van der Waals surface area contributed by atoms with Crippen molar-refractivity contribution in [2.45, 2.75) is 6.92 Å². The van der Waals surface area contributed by atoms with Gasteiger partial charge in [-0.25, -0.2) is 9.97 Å². The number of nitrogens with zero attached hydrogens (tertiary/aromatic N) is 5. The molecule has 0 bridgehead atoms.